The first kappa shape index (κ1) is 47.9. The molecule has 0 spiro atoms. The summed E-state index contributed by atoms with van der Waals surface area (Å²) in [7, 11) is 0. The molecule has 0 aliphatic carbocycles. The zero-order valence-electron chi connectivity index (χ0n) is 33.6. The van der Waals surface area contributed by atoms with Gasteiger partial charge >= 0.3 is 11.9 Å². The van der Waals surface area contributed by atoms with Crippen molar-refractivity contribution in [3.63, 3.8) is 0 Å². The first-order chi connectivity index (χ1) is 24.2. The molecule has 0 saturated carbocycles. The maximum absolute atomic E-state index is 11.9. The number of carbonyl (C=O) groups is 2. The smallest absolute Gasteiger partial charge is 0.308 e. The molecule has 0 N–H and O–H groups in total. The maximum Gasteiger partial charge on any atom is 0.308 e. The van der Waals surface area contributed by atoms with Gasteiger partial charge in [0.1, 0.15) is 0 Å². The molecule has 4 heteroatoms. The second-order valence-electron chi connectivity index (χ2n) is 15.4. The van der Waals surface area contributed by atoms with E-state index in [1.165, 1.54) is 218 Å². The Hall–Kier alpha value is -1.06. The van der Waals surface area contributed by atoms with Gasteiger partial charge in [-0.05, 0) is 12.8 Å². The van der Waals surface area contributed by atoms with Crippen molar-refractivity contribution < 1.29 is 19.1 Å². The van der Waals surface area contributed by atoms with E-state index in [0.717, 1.165) is 25.7 Å². The van der Waals surface area contributed by atoms with Crippen molar-refractivity contribution in [3.05, 3.63) is 0 Å². The molecular weight excluding hydrogens is 604 g/mol. The van der Waals surface area contributed by atoms with Gasteiger partial charge in [-0.1, -0.05) is 245 Å². The summed E-state index contributed by atoms with van der Waals surface area (Å²) < 4.78 is 10.2. The van der Waals surface area contributed by atoms with Gasteiger partial charge in [0, 0.05) is 12.8 Å². The van der Waals surface area contributed by atoms with E-state index in [9.17, 15) is 9.59 Å². The molecule has 0 unspecified atom stereocenters. The van der Waals surface area contributed by atoms with Crippen molar-refractivity contribution in [2.24, 2.45) is 0 Å². The number of carbonyl (C=O) groups excluding carboxylic acids is 2. The quantitative estimate of drug-likeness (QED) is 0.0363. The second-order valence-corrected chi connectivity index (χ2v) is 15.4. The molecule has 0 aliphatic rings. The highest BCUT2D eigenvalue weighted by molar-refractivity contribution is 5.70. The summed E-state index contributed by atoms with van der Waals surface area (Å²) in [6, 6.07) is 0. The van der Waals surface area contributed by atoms with Crippen LogP contribution in [0.5, 0.6) is 0 Å². The van der Waals surface area contributed by atoms with Crippen LogP contribution >= 0.6 is 0 Å². The van der Waals surface area contributed by atoms with Gasteiger partial charge in [0.15, 0.2) is 0 Å². The minimum absolute atomic E-state index is 0.226. The molecule has 0 amide bonds. The zero-order chi connectivity index (χ0) is 35.6. The summed E-state index contributed by atoms with van der Waals surface area (Å²) >= 11 is 0. The molecule has 0 aliphatic heterocycles. The van der Waals surface area contributed by atoms with E-state index in [4.69, 9.17) is 9.47 Å². The monoisotopic (exact) mass is 693 g/mol. The molecule has 0 radical (unpaired) electrons. The van der Waals surface area contributed by atoms with E-state index in [1.807, 2.05) is 0 Å². The van der Waals surface area contributed by atoms with E-state index >= 15 is 0 Å². The third-order valence-electron chi connectivity index (χ3n) is 10.4. The molecule has 0 aromatic heterocycles. The summed E-state index contributed by atoms with van der Waals surface area (Å²) in [6.45, 7) is 4.35. The molecule has 292 valence electrons. The van der Waals surface area contributed by atoms with Crippen LogP contribution in [-0.2, 0) is 19.1 Å². The molecule has 49 heavy (non-hydrogen) atoms. The minimum atomic E-state index is -0.247. The third kappa shape index (κ3) is 43.0. The molecule has 0 fully saturated rings. The van der Waals surface area contributed by atoms with Crippen LogP contribution in [0.15, 0.2) is 0 Å². The maximum atomic E-state index is 11.9. The van der Waals surface area contributed by atoms with Crippen molar-refractivity contribution >= 4 is 11.9 Å². The largest absolute Gasteiger partial charge is 0.428 e. The van der Waals surface area contributed by atoms with Crippen LogP contribution in [0.1, 0.15) is 271 Å². The lowest BCUT2D eigenvalue weighted by Gasteiger charge is -2.07. The fraction of sp³-hybridized carbons (Fsp3) is 0.956. The van der Waals surface area contributed by atoms with Gasteiger partial charge in [-0.3, -0.25) is 9.59 Å². The topological polar surface area (TPSA) is 52.6 Å². The highest BCUT2D eigenvalue weighted by atomic mass is 16.7. The molecule has 0 saturated heterocycles. The first-order valence-electron chi connectivity index (χ1n) is 22.5. The lowest BCUT2D eigenvalue weighted by Crippen LogP contribution is -2.12. The Labute approximate surface area is 307 Å². The van der Waals surface area contributed by atoms with Crippen LogP contribution in [0.3, 0.4) is 0 Å². The Morgan fingerprint density at radius 1 is 0.265 bits per heavy atom. The average Bonchev–Trinajstić information content (AvgIpc) is 3.10. The van der Waals surface area contributed by atoms with Gasteiger partial charge < -0.3 is 9.47 Å². The molecule has 0 rings (SSSR count). The standard InChI is InChI=1S/C45H88O4/c1-3-5-7-9-11-13-15-17-19-21-23-25-27-29-31-33-35-37-39-41-44(46)48-43-49-45(47)42-40-38-36-34-32-30-28-26-24-22-20-18-16-14-12-10-8-6-4-2/h3-43H2,1-2H3. The van der Waals surface area contributed by atoms with Gasteiger partial charge in [-0.25, -0.2) is 0 Å². The fourth-order valence-corrected chi connectivity index (χ4v) is 7.00. The number of esters is 2. The zero-order valence-corrected chi connectivity index (χ0v) is 33.6. The number of ether oxygens (including phenoxy) is 2. The molecule has 0 aromatic rings. The highest BCUT2D eigenvalue weighted by Crippen LogP contribution is 2.17. The first-order valence-corrected chi connectivity index (χ1v) is 22.5. The summed E-state index contributed by atoms with van der Waals surface area (Å²) in [6.07, 6.45) is 51.9. The van der Waals surface area contributed by atoms with Crippen molar-refractivity contribution in [3.8, 4) is 0 Å². The normalized spacial score (nSPS) is 11.3. The molecular formula is C45H88O4. The van der Waals surface area contributed by atoms with Gasteiger partial charge in [0.05, 0.1) is 0 Å². The Morgan fingerprint density at radius 2 is 0.429 bits per heavy atom. The predicted octanol–water partition coefficient (Wildman–Crippen LogP) is 15.7. The van der Waals surface area contributed by atoms with Crippen molar-refractivity contribution in [2.75, 3.05) is 6.79 Å². The van der Waals surface area contributed by atoms with Gasteiger partial charge in [0.25, 0.3) is 0 Å². The second kappa shape index (κ2) is 43.1. The van der Waals surface area contributed by atoms with Crippen LogP contribution in [0.25, 0.3) is 0 Å². The molecule has 0 aromatic carbocycles. The lowest BCUT2D eigenvalue weighted by molar-refractivity contribution is -0.167. The molecule has 4 nitrogen and oxygen atoms in total. The number of unbranched alkanes of at least 4 members (excludes halogenated alkanes) is 36. The van der Waals surface area contributed by atoms with Gasteiger partial charge in [-0.15, -0.1) is 0 Å². The van der Waals surface area contributed by atoms with Crippen LogP contribution in [-0.4, -0.2) is 18.7 Å². The van der Waals surface area contributed by atoms with Crippen molar-refractivity contribution in [2.45, 2.75) is 271 Å². The van der Waals surface area contributed by atoms with E-state index < -0.39 is 0 Å². The Balaban J connectivity index is 3.24. The van der Waals surface area contributed by atoms with Crippen LogP contribution in [0, 0.1) is 0 Å². The number of hydrogen-bond donors (Lipinski definition) is 0. The van der Waals surface area contributed by atoms with Gasteiger partial charge in [-0.2, -0.15) is 0 Å². The highest BCUT2D eigenvalue weighted by Gasteiger charge is 2.07. The lowest BCUT2D eigenvalue weighted by atomic mass is 10.0. The number of hydrogen-bond acceptors (Lipinski definition) is 4. The SMILES string of the molecule is CCCCCCCCCCCCCCCCCCCCCC(=O)OCOC(=O)CCCCCCCCCCCCCCCCCCCCC. The Morgan fingerprint density at radius 3 is 0.612 bits per heavy atom. The molecule has 0 heterocycles. The Kier molecular flexibility index (Phi) is 42.2. The van der Waals surface area contributed by atoms with E-state index in [-0.39, 0.29) is 18.7 Å². The molecule has 0 bridgehead atoms. The van der Waals surface area contributed by atoms with Gasteiger partial charge in [0.2, 0.25) is 6.79 Å². The summed E-state index contributed by atoms with van der Waals surface area (Å²) in [5.41, 5.74) is 0. The summed E-state index contributed by atoms with van der Waals surface area (Å²) in [4.78, 5) is 23.9. The predicted molar refractivity (Wildman–Crippen MR) is 213 cm³/mol. The van der Waals surface area contributed by atoms with E-state index in [0.29, 0.717) is 12.8 Å². The van der Waals surface area contributed by atoms with Crippen LogP contribution in [0.2, 0.25) is 0 Å². The third-order valence-corrected chi connectivity index (χ3v) is 10.4. The Bertz CT molecular complexity index is 594. The van der Waals surface area contributed by atoms with Crippen molar-refractivity contribution in [1.29, 1.82) is 0 Å². The van der Waals surface area contributed by atoms with Crippen molar-refractivity contribution in [1.82, 2.24) is 0 Å². The minimum Gasteiger partial charge on any atom is -0.428 e. The molecule has 0 atom stereocenters. The summed E-state index contributed by atoms with van der Waals surface area (Å²) in [5.74, 6) is -0.494. The summed E-state index contributed by atoms with van der Waals surface area (Å²) in [5, 5.41) is 0. The number of rotatable bonds is 42. The fourth-order valence-electron chi connectivity index (χ4n) is 7.00. The van der Waals surface area contributed by atoms with Crippen LogP contribution in [0.4, 0.5) is 0 Å². The van der Waals surface area contributed by atoms with E-state index in [2.05, 4.69) is 13.8 Å². The average molecular weight is 693 g/mol. The van der Waals surface area contributed by atoms with E-state index in [1.54, 1.807) is 0 Å². The van der Waals surface area contributed by atoms with Crippen LogP contribution < -0.4 is 0 Å².